The Balaban J connectivity index is 1.69. The van der Waals surface area contributed by atoms with Crippen LogP contribution < -0.4 is 0 Å². The summed E-state index contributed by atoms with van der Waals surface area (Å²) < 4.78 is 40.2. The van der Waals surface area contributed by atoms with Gasteiger partial charge in [-0.25, -0.2) is 13.2 Å². The number of benzene rings is 2. The lowest BCUT2D eigenvalue weighted by atomic mass is 9.69. The van der Waals surface area contributed by atoms with Gasteiger partial charge in [0.2, 0.25) is 0 Å². The van der Waals surface area contributed by atoms with Crippen molar-refractivity contribution in [2.45, 2.75) is 99.7 Å². The molecule has 4 rings (SSSR count). The Labute approximate surface area is 234 Å². The maximum absolute atomic E-state index is 14.1. The molecule has 0 bridgehead atoms. The van der Waals surface area contributed by atoms with Gasteiger partial charge in [0.1, 0.15) is 5.60 Å². The Hall–Kier alpha value is -2.64. The molecule has 1 heterocycles. The molecule has 2 aromatic rings. The van der Waals surface area contributed by atoms with Crippen molar-refractivity contribution in [3.8, 4) is 0 Å². The van der Waals surface area contributed by atoms with Crippen LogP contribution in [0.3, 0.4) is 0 Å². The van der Waals surface area contributed by atoms with Gasteiger partial charge in [-0.1, -0.05) is 67.4 Å². The number of nitrogens with zero attached hydrogens (tertiary/aromatic N) is 1. The van der Waals surface area contributed by atoms with Gasteiger partial charge in [-0.3, -0.25) is 4.90 Å². The molecule has 4 atom stereocenters. The lowest BCUT2D eigenvalue weighted by Gasteiger charge is -2.51. The zero-order chi connectivity index (χ0) is 28.1. The van der Waals surface area contributed by atoms with Crippen molar-refractivity contribution in [1.29, 1.82) is 0 Å². The molecular formula is C32H43NO5S. The van der Waals surface area contributed by atoms with Crippen LogP contribution in [0.4, 0.5) is 4.79 Å². The van der Waals surface area contributed by atoms with Gasteiger partial charge in [-0.15, -0.1) is 6.58 Å². The maximum Gasteiger partial charge on any atom is 0.411 e. The first kappa shape index (κ1) is 29.3. The van der Waals surface area contributed by atoms with Crippen LogP contribution in [0.2, 0.25) is 0 Å². The molecule has 0 N–H and O–H groups in total. The van der Waals surface area contributed by atoms with Crippen LogP contribution in [0.15, 0.2) is 78.2 Å². The summed E-state index contributed by atoms with van der Waals surface area (Å²) in [6.07, 6.45) is 6.51. The third kappa shape index (κ3) is 6.58. The van der Waals surface area contributed by atoms with Gasteiger partial charge in [-0.05, 0) is 76.5 Å². The monoisotopic (exact) mass is 553 g/mol. The molecule has 0 aromatic heterocycles. The van der Waals surface area contributed by atoms with E-state index in [9.17, 15) is 13.2 Å². The summed E-state index contributed by atoms with van der Waals surface area (Å²) in [5, 5.41) is -0.674. The van der Waals surface area contributed by atoms with Crippen LogP contribution >= 0.6 is 0 Å². The molecule has 0 radical (unpaired) electrons. The number of likely N-dealkylation sites (tertiary alicyclic amines) is 1. The number of allylic oxidation sites excluding steroid dienone is 1. The van der Waals surface area contributed by atoms with E-state index in [0.717, 1.165) is 44.1 Å². The molecule has 1 aliphatic heterocycles. The molecule has 212 valence electrons. The van der Waals surface area contributed by atoms with Crippen molar-refractivity contribution >= 4 is 15.9 Å². The van der Waals surface area contributed by atoms with E-state index in [-0.39, 0.29) is 18.1 Å². The number of hydrogen-bond donors (Lipinski definition) is 0. The standard InChI is InChI=1S/C32H43NO5S/c1-5-14-29(39(35,36)27-17-10-7-11-18-27)28-19-12-13-21-32(28)22-20-26(33(32)30(34)38-31(2,3)4)24-37-23-25-15-8-6-9-16-25/h5-11,15-18,26,28-29H,1,12-14,19-24H2,2-4H3/t26-,28?,29?,32-/m0/s1. The summed E-state index contributed by atoms with van der Waals surface area (Å²) in [6, 6.07) is 18.5. The highest BCUT2D eigenvalue weighted by Crippen LogP contribution is 2.52. The first-order valence-corrected chi connectivity index (χ1v) is 15.7. The maximum atomic E-state index is 14.1. The van der Waals surface area contributed by atoms with Crippen molar-refractivity contribution in [3.05, 3.63) is 78.9 Å². The second-order valence-electron chi connectivity index (χ2n) is 11.9. The van der Waals surface area contributed by atoms with Crippen LogP contribution in [0, 0.1) is 5.92 Å². The van der Waals surface area contributed by atoms with E-state index in [1.54, 1.807) is 30.3 Å². The quantitative estimate of drug-likeness (QED) is 0.314. The van der Waals surface area contributed by atoms with Gasteiger partial charge in [0.25, 0.3) is 0 Å². The normalized spacial score (nSPS) is 24.4. The Morgan fingerprint density at radius 3 is 2.36 bits per heavy atom. The molecule has 2 aliphatic rings. The van der Waals surface area contributed by atoms with Gasteiger partial charge in [0.15, 0.2) is 9.84 Å². The summed E-state index contributed by atoms with van der Waals surface area (Å²) in [4.78, 5) is 16.1. The molecular weight excluding hydrogens is 510 g/mol. The highest BCUT2D eigenvalue weighted by Gasteiger charge is 2.58. The average Bonchev–Trinajstić information content (AvgIpc) is 3.26. The van der Waals surface area contributed by atoms with Gasteiger partial charge in [-0.2, -0.15) is 0 Å². The van der Waals surface area contributed by atoms with Crippen LogP contribution in [0.5, 0.6) is 0 Å². The van der Waals surface area contributed by atoms with Crippen molar-refractivity contribution in [2.24, 2.45) is 5.92 Å². The van der Waals surface area contributed by atoms with Gasteiger partial charge < -0.3 is 9.47 Å². The zero-order valence-electron chi connectivity index (χ0n) is 23.6. The number of sulfone groups is 1. The first-order valence-electron chi connectivity index (χ1n) is 14.1. The average molecular weight is 554 g/mol. The van der Waals surface area contributed by atoms with Gasteiger partial charge in [0, 0.05) is 0 Å². The highest BCUT2D eigenvalue weighted by molar-refractivity contribution is 7.92. The molecule has 1 amide bonds. The Bertz CT molecular complexity index is 1210. The number of ether oxygens (including phenoxy) is 2. The summed E-state index contributed by atoms with van der Waals surface area (Å²) in [6.45, 7) is 10.4. The fourth-order valence-electron chi connectivity index (χ4n) is 6.56. The van der Waals surface area contributed by atoms with E-state index in [1.807, 2.05) is 62.1 Å². The summed E-state index contributed by atoms with van der Waals surface area (Å²) in [5.41, 5.74) is -0.210. The lowest BCUT2D eigenvalue weighted by molar-refractivity contribution is -0.0417. The Morgan fingerprint density at radius 1 is 1.05 bits per heavy atom. The van der Waals surface area contributed by atoms with Crippen LogP contribution in [0.25, 0.3) is 0 Å². The summed E-state index contributed by atoms with van der Waals surface area (Å²) in [5.74, 6) is -0.235. The molecule has 1 saturated heterocycles. The minimum Gasteiger partial charge on any atom is -0.444 e. The Morgan fingerprint density at radius 2 is 1.72 bits per heavy atom. The number of carbonyl (C=O) groups is 1. The molecule has 1 aliphatic carbocycles. The highest BCUT2D eigenvalue weighted by atomic mass is 32.2. The van der Waals surface area contributed by atoms with Gasteiger partial charge in [0.05, 0.1) is 34.9 Å². The number of amides is 1. The van der Waals surface area contributed by atoms with Gasteiger partial charge >= 0.3 is 6.09 Å². The molecule has 1 spiro atoms. The topological polar surface area (TPSA) is 72.9 Å². The minimum atomic E-state index is -3.66. The summed E-state index contributed by atoms with van der Waals surface area (Å²) in [7, 11) is -3.66. The van der Waals surface area contributed by atoms with Crippen LogP contribution in [-0.4, -0.2) is 48.4 Å². The predicted molar refractivity (Wildman–Crippen MR) is 154 cm³/mol. The third-order valence-corrected chi connectivity index (χ3v) is 10.4. The lowest BCUT2D eigenvalue weighted by Crippen LogP contribution is -2.61. The van der Waals surface area contributed by atoms with E-state index >= 15 is 0 Å². The fourth-order valence-corrected chi connectivity index (χ4v) is 8.66. The molecule has 2 aromatic carbocycles. The van der Waals surface area contributed by atoms with E-state index in [1.165, 1.54) is 0 Å². The SMILES string of the molecule is C=CCC(C1CCCC[C@]12CC[C@@H](COCc1ccccc1)N2C(=O)OC(C)(C)C)S(=O)(=O)c1ccccc1. The van der Waals surface area contributed by atoms with E-state index in [2.05, 4.69) is 6.58 Å². The van der Waals surface area contributed by atoms with Crippen LogP contribution in [-0.2, 0) is 25.9 Å². The molecule has 7 heteroatoms. The molecule has 39 heavy (non-hydrogen) atoms. The van der Waals surface area contributed by atoms with Crippen LogP contribution in [0.1, 0.15) is 71.3 Å². The van der Waals surface area contributed by atoms with Crippen molar-refractivity contribution in [3.63, 3.8) is 0 Å². The molecule has 2 unspecified atom stereocenters. The molecule has 6 nitrogen and oxygen atoms in total. The predicted octanol–water partition coefficient (Wildman–Crippen LogP) is 6.95. The fraction of sp³-hybridized carbons (Fsp3) is 0.531. The van der Waals surface area contributed by atoms with E-state index in [0.29, 0.717) is 24.5 Å². The largest absolute Gasteiger partial charge is 0.444 e. The van der Waals surface area contributed by atoms with E-state index < -0.39 is 26.2 Å². The zero-order valence-corrected chi connectivity index (χ0v) is 24.4. The first-order chi connectivity index (χ1) is 18.6. The molecule has 1 saturated carbocycles. The number of rotatable bonds is 9. The minimum absolute atomic E-state index is 0.187. The third-order valence-electron chi connectivity index (χ3n) is 8.15. The van der Waals surface area contributed by atoms with Crippen molar-refractivity contribution in [1.82, 2.24) is 4.90 Å². The Kier molecular flexibility index (Phi) is 9.22. The second kappa shape index (κ2) is 12.3. The number of carbonyl (C=O) groups excluding carboxylic acids is 1. The summed E-state index contributed by atoms with van der Waals surface area (Å²) >= 11 is 0. The second-order valence-corrected chi connectivity index (χ2v) is 14.1. The molecule has 2 fully saturated rings. The number of hydrogen-bond acceptors (Lipinski definition) is 5. The van der Waals surface area contributed by atoms with E-state index in [4.69, 9.17) is 9.47 Å². The smallest absolute Gasteiger partial charge is 0.411 e. The van der Waals surface area contributed by atoms with Crippen molar-refractivity contribution in [2.75, 3.05) is 6.61 Å². The van der Waals surface area contributed by atoms with Crippen molar-refractivity contribution < 1.29 is 22.7 Å².